The fraction of sp³-hybridized carbons (Fsp3) is 0.320. The fourth-order valence-corrected chi connectivity index (χ4v) is 3.46. The number of carbonyl (C=O) groups is 2. The lowest BCUT2D eigenvalue weighted by atomic mass is 10.0. The molecular weight excluding hydrogens is 427 g/mol. The Morgan fingerprint density at radius 3 is 2.36 bits per heavy atom. The minimum absolute atomic E-state index is 0.0847. The lowest BCUT2D eigenvalue weighted by Crippen LogP contribution is -2.15. The number of methoxy groups -OCH3 is 2. The average molecular weight is 454 g/mol. The number of aromatic nitrogens is 2. The zero-order valence-electron chi connectivity index (χ0n) is 19.0. The molecule has 33 heavy (non-hydrogen) atoms. The summed E-state index contributed by atoms with van der Waals surface area (Å²) in [6, 6.07) is 12.9. The highest BCUT2D eigenvalue weighted by Gasteiger charge is 2.31. The van der Waals surface area contributed by atoms with E-state index in [2.05, 4.69) is 12.0 Å². The van der Waals surface area contributed by atoms with E-state index >= 15 is 0 Å². The summed E-state index contributed by atoms with van der Waals surface area (Å²) in [6.45, 7) is 2.56. The normalized spacial score (nSPS) is 10.7. The molecule has 3 rings (SSSR count). The molecule has 174 valence electrons. The lowest BCUT2D eigenvalue weighted by molar-refractivity contribution is 0.0549. The zero-order valence-corrected chi connectivity index (χ0v) is 19.0. The van der Waals surface area contributed by atoms with Gasteiger partial charge in [-0.25, -0.2) is 18.7 Å². The molecule has 3 aromatic rings. The van der Waals surface area contributed by atoms with Gasteiger partial charge in [-0.3, -0.25) is 0 Å². The molecule has 0 fully saturated rings. The van der Waals surface area contributed by atoms with Crippen molar-refractivity contribution in [2.45, 2.75) is 32.6 Å². The molecule has 1 aromatic heterocycles. The van der Waals surface area contributed by atoms with Gasteiger partial charge in [0.15, 0.2) is 5.69 Å². The topological polar surface area (TPSA) is 79.7 Å². The summed E-state index contributed by atoms with van der Waals surface area (Å²) >= 11 is 0. The van der Waals surface area contributed by atoms with Crippen LogP contribution in [0.4, 0.5) is 4.39 Å². The molecule has 0 amide bonds. The first-order valence-electron chi connectivity index (χ1n) is 10.8. The molecule has 0 radical (unpaired) electrons. The van der Waals surface area contributed by atoms with Crippen molar-refractivity contribution in [3.05, 3.63) is 65.6 Å². The first kappa shape index (κ1) is 24.0. The van der Waals surface area contributed by atoms with Crippen LogP contribution in [0.1, 0.15) is 53.5 Å². The summed E-state index contributed by atoms with van der Waals surface area (Å²) in [5.74, 6) is -1.81. The quantitative estimate of drug-likeness (QED) is 0.309. The van der Waals surface area contributed by atoms with Gasteiger partial charge in [0.25, 0.3) is 0 Å². The predicted molar refractivity (Wildman–Crippen MR) is 121 cm³/mol. The SMILES string of the molecule is CCCCCCOc1cc(F)cc(-c2nn(-c3ccccc3)c(C(=O)OC)c2C(=O)OC)c1. The third kappa shape index (κ3) is 5.58. The second-order valence-electron chi connectivity index (χ2n) is 7.39. The van der Waals surface area contributed by atoms with E-state index in [9.17, 15) is 14.0 Å². The Morgan fingerprint density at radius 1 is 0.970 bits per heavy atom. The standard InChI is InChI=1S/C25H27FN2O5/c1-4-5-6-10-13-33-20-15-17(14-18(26)16-20)22-21(24(29)31-2)23(25(30)32-3)28(27-22)19-11-8-7-9-12-19/h7-9,11-12,14-16H,4-6,10,13H2,1-3H3. The summed E-state index contributed by atoms with van der Waals surface area (Å²) < 4.78 is 31.3. The highest BCUT2D eigenvalue weighted by molar-refractivity contribution is 6.06. The highest BCUT2D eigenvalue weighted by atomic mass is 19.1. The van der Waals surface area contributed by atoms with Crippen LogP contribution < -0.4 is 4.74 Å². The summed E-state index contributed by atoms with van der Waals surface area (Å²) in [5.41, 5.74) is 0.655. The van der Waals surface area contributed by atoms with Gasteiger partial charge >= 0.3 is 11.9 Å². The summed E-state index contributed by atoms with van der Waals surface area (Å²) in [7, 11) is 2.40. The van der Waals surface area contributed by atoms with Crippen molar-refractivity contribution in [1.82, 2.24) is 9.78 Å². The monoisotopic (exact) mass is 454 g/mol. The molecule has 0 N–H and O–H groups in total. The molecule has 8 heteroatoms. The first-order valence-corrected chi connectivity index (χ1v) is 10.8. The van der Waals surface area contributed by atoms with Crippen LogP contribution in [0.25, 0.3) is 16.9 Å². The third-order valence-electron chi connectivity index (χ3n) is 5.07. The molecular formula is C25H27FN2O5. The molecule has 0 aliphatic carbocycles. The van der Waals surface area contributed by atoms with Gasteiger partial charge in [0.1, 0.15) is 22.8 Å². The summed E-state index contributed by atoms with van der Waals surface area (Å²) in [5, 5.41) is 4.48. The van der Waals surface area contributed by atoms with Crippen LogP contribution in [0, 0.1) is 5.82 Å². The zero-order chi connectivity index (χ0) is 23.8. The van der Waals surface area contributed by atoms with Gasteiger partial charge < -0.3 is 14.2 Å². The van der Waals surface area contributed by atoms with Gasteiger partial charge in [-0.15, -0.1) is 0 Å². The smallest absolute Gasteiger partial charge is 0.357 e. The number of hydrogen-bond donors (Lipinski definition) is 0. The molecule has 0 saturated carbocycles. The number of esters is 2. The second kappa shape index (κ2) is 11.3. The van der Waals surface area contributed by atoms with E-state index in [4.69, 9.17) is 14.2 Å². The lowest BCUT2D eigenvalue weighted by Gasteiger charge is -2.09. The molecule has 0 saturated heterocycles. The van der Waals surface area contributed by atoms with E-state index in [0.29, 0.717) is 18.0 Å². The highest BCUT2D eigenvalue weighted by Crippen LogP contribution is 2.32. The van der Waals surface area contributed by atoms with Crippen LogP contribution in [0.15, 0.2) is 48.5 Å². The van der Waals surface area contributed by atoms with Gasteiger partial charge in [0.05, 0.1) is 26.5 Å². The van der Waals surface area contributed by atoms with Crippen molar-refractivity contribution in [2.75, 3.05) is 20.8 Å². The number of carbonyl (C=O) groups excluding carboxylic acids is 2. The Kier molecular flexibility index (Phi) is 8.18. The van der Waals surface area contributed by atoms with E-state index in [-0.39, 0.29) is 22.5 Å². The molecule has 0 aliphatic rings. The van der Waals surface area contributed by atoms with Crippen LogP contribution in [0.2, 0.25) is 0 Å². The number of benzene rings is 2. The number of unbranched alkanes of at least 4 members (excludes halogenated alkanes) is 3. The predicted octanol–water partition coefficient (Wildman–Crippen LogP) is 5.21. The van der Waals surface area contributed by atoms with Crippen molar-refractivity contribution in [3.63, 3.8) is 0 Å². The minimum Gasteiger partial charge on any atom is -0.493 e. The van der Waals surface area contributed by atoms with E-state index in [0.717, 1.165) is 25.7 Å². The van der Waals surface area contributed by atoms with Crippen LogP contribution in [0.3, 0.4) is 0 Å². The van der Waals surface area contributed by atoms with Crippen LogP contribution in [-0.4, -0.2) is 42.5 Å². The van der Waals surface area contributed by atoms with Gasteiger partial charge in [0.2, 0.25) is 0 Å². The average Bonchev–Trinajstić information content (AvgIpc) is 3.24. The Labute approximate surface area is 192 Å². The third-order valence-corrected chi connectivity index (χ3v) is 5.07. The fourth-order valence-electron chi connectivity index (χ4n) is 3.46. The molecule has 2 aromatic carbocycles. The molecule has 0 atom stereocenters. The molecule has 0 bridgehead atoms. The number of halogens is 1. The maximum absolute atomic E-state index is 14.5. The van der Waals surface area contributed by atoms with Gasteiger partial charge in [0, 0.05) is 11.6 Å². The maximum atomic E-state index is 14.5. The van der Waals surface area contributed by atoms with Crippen LogP contribution in [0.5, 0.6) is 5.75 Å². The first-order chi connectivity index (χ1) is 16.0. The number of hydrogen-bond acceptors (Lipinski definition) is 6. The van der Waals surface area contributed by atoms with Gasteiger partial charge in [-0.05, 0) is 30.7 Å². The van der Waals surface area contributed by atoms with E-state index < -0.39 is 17.8 Å². The number of rotatable bonds is 10. The van der Waals surface area contributed by atoms with Crippen molar-refractivity contribution in [1.29, 1.82) is 0 Å². The number of nitrogens with zero attached hydrogens (tertiary/aromatic N) is 2. The Hall–Kier alpha value is -3.68. The van der Waals surface area contributed by atoms with E-state index in [1.165, 1.54) is 31.0 Å². The molecule has 0 aliphatic heterocycles. The number of ether oxygens (including phenoxy) is 3. The van der Waals surface area contributed by atoms with Crippen LogP contribution in [-0.2, 0) is 9.47 Å². The number of para-hydroxylation sites is 1. The van der Waals surface area contributed by atoms with Gasteiger partial charge in [-0.1, -0.05) is 44.4 Å². The molecule has 1 heterocycles. The Bertz CT molecular complexity index is 1110. The summed E-state index contributed by atoms with van der Waals surface area (Å²) in [6.07, 6.45) is 4.08. The van der Waals surface area contributed by atoms with Crippen LogP contribution >= 0.6 is 0 Å². The van der Waals surface area contributed by atoms with Crippen molar-refractivity contribution < 1.29 is 28.2 Å². The minimum atomic E-state index is -0.793. The maximum Gasteiger partial charge on any atom is 0.357 e. The second-order valence-corrected chi connectivity index (χ2v) is 7.39. The van der Waals surface area contributed by atoms with Gasteiger partial charge in [-0.2, -0.15) is 5.10 Å². The van der Waals surface area contributed by atoms with E-state index in [1.54, 1.807) is 30.3 Å². The Balaban J connectivity index is 2.11. The molecule has 0 spiro atoms. The van der Waals surface area contributed by atoms with Crippen molar-refractivity contribution in [2.24, 2.45) is 0 Å². The Morgan fingerprint density at radius 2 is 1.70 bits per heavy atom. The molecule has 0 unspecified atom stereocenters. The van der Waals surface area contributed by atoms with Crippen molar-refractivity contribution in [3.8, 4) is 22.7 Å². The van der Waals surface area contributed by atoms with E-state index in [1.807, 2.05) is 6.07 Å². The largest absolute Gasteiger partial charge is 0.493 e. The van der Waals surface area contributed by atoms with Crippen molar-refractivity contribution >= 4 is 11.9 Å². The molecule has 7 nitrogen and oxygen atoms in total. The summed E-state index contributed by atoms with van der Waals surface area (Å²) in [4.78, 5) is 25.4.